The van der Waals surface area contributed by atoms with Gasteiger partial charge < -0.3 is 10.2 Å². The summed E-state index contributed by atoms with van der Waals surface area (Å²) in [5.41, 5.74) is 1.41. The van der Waals surface area contributed by atoms with E-state index in [2.05, 4.69) is 12.2 Å². The van der Waals surface area contributed by atoms with Gasteiger partial charge in [-0.15, -0.1) is 0 Å². The van der Waals surface area contributed by atoms with Crippen molar-refractivity contribution in [3.63, 3.8) is 0 Å². The molecule has 1 atom stereocenters. The Labute approximate surface area is 157 Å². The molecule has 2 aromatic rings. The fraction of sp³-hybridized carbons (Fsp3) is 0.286. The summed E-state index contributed by atoms with van der Waals surface area (Å²) in [5.74, 6) is -0.783. The van der Waals surface area contributed by atoms with E-state index in [1.54, 1.807) is 31.3 Å². The lowest BCUT2D eigenvalue weighted by Crippen LogP contribution is -2.68. The van der Waals surface area contributed by atoms with E-state index < -0.39 is 5.66 Å². The number of benzene rings is 2. The number of nitrogens with zero attached hydrogens (tertiary/aromatic N) is 2. The lowest BCUT2D eigenvalue weighted by molar-refractivity contribution is -0.128. The molecule has 138 valence electrons. The van der Waals surface area contributed by atoms with Crippen molar-refractivity contribution in [1.82, 2.24) is 4.90 Å². The van der Waals surface area contributed by atoms with E-state index >= 15 is 0 Å². The van der Waals surface area contributed by atoms with E-state index in [-0.39, 0.29) is 30.6 Å². The summed E-state index contributed by atoms with van der Waals surface area (Å²) in [7, 11) is 1.59. The van der Waals surface area contributed by atoms with Crippen LogP contribution in [0.1, 0.15) is 35.7 Å². The number of nitrogens with one attached hydrogen (secondary N) is 1. The van der Waals surface area contributed by atoms with Gasteiger partial charge >= 0.3 is 0 Å². The average molecular weight is 363 g/mol. The molecule has 0 spiro atoms. The summed E-state index contributed by atoms with van der Waals surface area (Å²) in [5, 5.41) is 2.90. The first-order valence-corrected chi connectivity index (χ1v) is 9.09. The van der Waals surface area contributed by atoms with Crippen LogP contribution in [0.4, 0.5) is 11.4 Å². The maximum atomic E-state index is 13.3. The first kappa shape index (κ1) is 17.3. The second-order valence-corrected chi connectivity index (χ2v) is 6.93. The molecule has 0 bridgehead atoms. The summed E-state index contributed by atoms with van der Waals surface area (Å²) in [6, 6.07) is 14.5. The Balaban J connectivity index is 1.76. The lowest BCUT2D eigenvalue weighted by Gasteiger charge is -2.47. The van der Waals surface area contributed by atoms with E-state index in [1.807, 2.05) is 24.3 Å². The summed E-state index contributed by atoms with van der Waals surface area (Å²) < 4.78 is 0. The van der Waals surface area contributed by atoms with Crippen molar-refractivity contribution < 1.29 is 14.4 Å². The molecule has 6 heteroatoms. The number of aryl methyl sites for hydroxylation is 1. The van der Waals surface area contributed by atoms with E-state index in [0.29, 0.717) is 16.9 Å². The quantitative estimate of drug-likeness (QED) is 0.912. The van der Waals surface area contributed by atoms with Gasteiger partial charge in [-0.3, -0.25) is 19.3 Å². The van der Waals surface area contributed by atoms with Gasteiger partial charge in [-0.1, -0.05) is 31.2 Å². The van der Waals surface area contributed by atoms with Crippen molar-refractivity contribution in [2.45, 2.75) is 31.8 Å². The predicted molar refractivity (Wildman–Crippen MR) is 102 cm³/mol. The summed E-state index contributed by atoms with van der Waals surface area (Å²) in [6.07, 6.45) is 1.39. The number of fused-ring (bicyclic) bond motifs is 3. The standard InChI is InChI=1S/C21H21N3O3/c1-3-14-8-10-15(11-9-14)22-20(27)21-13-12-18(25)24(21)17-7-5-4-6-16(17)19(26)23(21)2/h4-11H,3,12-13H2,1-2H3,(H,22,27). The third-order valence-corrected chi connectivity index (χ3v) is 5.53. The largest absolute Gasteiger partial charge is 0.322 e. The maximum Gasteiger partial charge on any atom is 0.271 e. The maximum absolute atomic E-state index is 13.3. The normalized spacial score (nSPS) is 21.1. The Morgan fingerprint density at radius 3 is 2.52 bits per heavy atom. The van der Waals surface area contributed by atoms with Crippen LogP contribution < -0.4 is 10.2 Å². The highest BCUT2D eigenvalue weighted by Crippen LogP contribution is 2.44. The van der Waals surface area contributed by atoms with Gasteiger partial charge in [0.25, 0.3) is 11.8 Å². The number of likely N-dealkylation sites (N-methyl/N-ethyl adjacent to an activating group) is 1. The van der Waals surface area contributed by atoms with Gasteiger partial charge in [0.2, 0.25) is 11.6 Å². The van der Waals surface area contributed by atoms with Gasteiger partial charge in [-0.05, 0) is 36.2 Å². The monoisotopic (exact) mass is 363 g/mol. The Morgan fingerprint density at radius 1 is 1.11 bits per heavy atom. The molecule has 0 radical (unpaired) electrons. The molecule has 1 fully saturated rings. The molecule has 0 aromatic heterocycles. The summed E-state index contributed by atoms with van der Waals surface area (Å²) in [6.45, 7) is 2.06. The van der Waals surface area contributed by atoms with E-state index in [4.69, 9.17) is 0 Å². The fourth-order valence-electron chi connectivity index (χ4n) is 3.98. The highest BCUT2D eigenvalue weighted by molar-refractivity contribution is 6.18. The van der Waals surface area contributed by atoms with Gasteiger partial charge in [-0.2, -0.15) is 0 Å². The van der Waals surface area contributed by atoms with Crippen LogP contribution in [0.15, 0.2) is 48.5 Å². The van der Waals surface area contributed by atoms with Gasteiger partial charge in [-0.25, -0.2) is 0 Å². The first-order valence-electron chi connectivity index (χ1n) is 9.09. The second-order valence-electron chi connectivity index (χ2n) is 6.93. The molecule has 1 N–H and O–H groups in total. The molecule has 3 amide bonds. The number of carbonyl (C=O) groups is 3. The van der Waals surface area contributed by atoms with Crippen molar-refractivity contribution in [2.75, 3.05) is 17.3 Å². The average Bonchev–Trinajstić information content (AvgIpc) is 3.05. The third kappa shape index (κ3) is 2.44. The molecule has 2 heterocycles. The number of anilines is 2. The highest BCUT2D eigenvalue weighted by atomic mass is 16.2. The van der Waals surface area contributed by atoms with Crippen LogP contribution in [0, 0.1) is 0 Å². The Kier molecular flexibility index (Phi) is 3.98. The molecule has 0 aliphatic carbocycles. The molecule has 0 saturated carbocycles. The number of rotatable bonds is 3. The van der Waals surface area contributed by atoms with Crippen molar-refractivity contribution in [3.8, 4) is 0 Å². The second kappa shape index (κ2) is 6.23. The fourth-order valence-corrected chi connectivity index (χ4v) is 3.98. The summed E-state index contributed by atoms with van der Waals surface area (Å²) >= 11 is 0. The Hall–Kier alpha value is -3.15. The van der Waals surface area contributed by atoms with Crippen molar-refractivity contribution in [3.05, 3.63) is 59.7 Å². The topological polar surface area (TPSA) is 69.7 Å². The molecule has 4 rings (SSSR count). The van der Waals surface area contributed by atoms with Crippen molar-refractivity contribution in [2.24, 2.45) is 0 Å². The SMILES string of the molecule is CCc1ccc(NC(=O)C23CCC(=O)N2c2ccccc2C(=O)N3C)cc1. The molecular weight excluding hydrogens is 342 g/mol. The molecular formula is C21H21N3O3. The zero-order chi connectivity index (χ0) is 19.2. The van der Waals surface area contributed by atoms with E-state index in [9.17, 15) is 14.4 Å². The molecule has 6 nitrogen and oxygen atoms in total. The van der Waals surface area contributed by atoms with Gasteiger partial charge in [0.05, 0.1) is 11.3 Å². The van der Waals surface area contributed by atoms with Gasteiger partial charge in [0, 0.05) is 25.6 Å². The van der Waals surface area contributed by atoms with Crippen LogP contribution in [0.25, 0.3) is 0 Å². The van der Waals surface area contributed by atoms with Crippen LogP contribution in [0.5, 0.6) is 0 Å². The first-order chi connectivity index (χ1) is 13.0. The third-order valence-electron chi connectivity index (χ3n) is 5.53. The minimum absolute atomic E-state index is 0.154. The van der Waals surface area contributed by atoms with Crippen LogP contribution in [0.2, 0.25) is 0 Å². The minimum atomic E-state index is -1.34. The van der Waals surface area contributed by atoms with Gasteiger partial charge in [0.15, 0.2) is 0 Å². The van der Waals surface area contributed by atoms with E-state index in [0.717, 1.165) is 6.42 Å². The lowest BCUT2D eigenvalue weighted by atomic mass is 9.96. The van der Waals surface area contributed by atoms with Crippen LogP contribution in [0.3, 0.4) is 0 Å². The smallest absolute Gasteiger partial charge is 0.271 e. The molecule has 2 aliphatic rings. The number of amides is 3. The zero-order valence-corrected chi connectivity index (χ0v) is 15.4. The number of carbonyl (C=O) groups excluding carboxylic acids is 3. The van der Waals surface area contributed by atoms with Crippen LogP contribution in [-0.2, 0) is 16.0 Å². The molecule has 1 saturated heterocycles. The Morgan fingerprint density at radius 2 is 1.81 bits per heavy atom. The van der Waals surface area contributed by atoms with E-state index in [1.165, 1.54) is 15.4 Å². The van der Waals surface area contributed by atoms with Crippen molar-refractivity contribution in [1.29, 1.82) is 0 Å². The number of hydrogen-bond acceptors (Lipinski definition) is 3. The van der Waals surface area contributed by atoms with Crippen molar-refractivity contribution >= 4 is 29.1 Å². The van der Waals surface area contributed by atoms with Gasteiger partial charge in [0.1, 0.15) is 0 Å². The molecule has 1 unspecified atom stereocenters. The van der Waals surface area contributed by atoms with Crippen LogP contribution >= 0.6 is 0 Å². The molecule has 2 aliphatic heterocycles. The van der Waals surface area contributed by atoms with Crippen LogP contribution in [-0.4, -0.2) is 35.3 Å². The number of para-hydroxylation sites is 1. The minimum Gasteiger partial charge on any atom is -0.322 e. The Bertz CT molecular complexity index is 938. The predicted octanol–water partition coefficient (Wildman–Crippen LogP) is 2.80. The number of hydrogen-bond donors (Lipinski definition) is 1. The molecule has 2 aromatic carbocycles. The zero-order valence-electron chi connectivity index (χ0n) is 15.4. The highest BCUT2D eigenvalue weighted by Gasteiger charge is 2.59. The molecule has 27 heavy (non-hydrogen) atoms. The summed E-state index contributed by atoms with van der Waals surface area (Å²) in [4.78, 5) is 41.8.